The van der Waals surface area contributed by atoms with Crippen LogP contribution in [-0.4, -0.2) is 19.9 Å². The lowest BCUT2D eigenvalue weighted by Gasteiger charge is -2.12. The zero-order chi connectivity index (χ0) is 26.5. The molecule has 186 valence electrons. The van der Waals surface area contributed by atoms with Crippen molar-refractivity contribution in [2.45, 2.75) is 0 Å². The molecule has 5 aromatic carbocycles. The van der Waals surface area contributed by atoms with Crippen LogP contribution in [0.2, 0.25) is 0 Å². The van der Waals surface area contributed by atoms with Crippen LogP contribution in [0.4, 0.5) is 0 Å². The van der Waals surface area contributed by atoms with Gasteiger partial charge in [-0.15, -0.1) is 0 Å². The molecule has 0 fully saturated rings. The van der Waals surface area contributed by atoms with Crippen LogP contribution in [0.1, 0.15) is 0 Å². The highest BCUT2D eigenvalue weighted by Gasteiger charge is 2.14. The summed E-state index contributed by atoms with van der Waals surface area (Å²) >= 11 is 0. The highest BCUT2D eigenvalue weighted by molar-refractivity contribution is 6.03. The van der Waals surface area contributed by atoms with Crippen molar-refractivity contribution in [1.29, 1.82) is 0 Å². The zero-order valence-electron chi connectivity index (χ0n) is 21.5. The Kier molecular flexibility index (Phi) is 5.10. The SMILES string of the molecule is c1cc(-c2ccc3ccc4cccnc4c3n2)cc(-c2nc(-c3cccc4ccccc34)nc3ccccc23)c1. The molecule has 4 nitrogen and oxygen atoms in total. The average molecular weight is 511 g/mol. The normalized spacial score (nSPS) is 11.5. The Morgan fingerprint density at radius 1 is 0.450 bits per heavy atom. The lowest BCUT2D eigenvalue weighted by atomic mass is 10.0. The van der Waals surface area contributed by atoms with Crippen molar-refractivity contribution in [3.05, 3.63) is 134 Å². The molecule has 8 rings (SSSR count). The van der Waals surface area contributed by atoms with Gasteiger partial charge in [0, 0.05) is 39.0 Å². The topological polar surface area (TPSA) is 51.6 Å². The molecule has 0 radical (unpaired) electrons. The second-order valence-electron chi connectivity index (χ2n) is 9.93. The summed E-state index contributed by atoms with van der Waals surface area (Å²) < 4.78 is 0. The number of nitrogens with zero attached hydrogens (tertiary/aromatic N) is 4. The van der Waals surface area contributed by atoms with Crippen LogP contribution in [0.25, 0.3) is 77.4 Å². The first-order valence-corrected chi connectivity index (χ1v) is 13.3. The van der Waals surface area contributed by atoms with E-state index in [0.29, 0.717) is 0 Å². The summed E-state index contributed by atoms with van der Waals surface area (Å²) in [7, 11) is 0. The van der Waals surface area contributed by atoms with E-state index in [0.717, 1.165) is 72.0 Å². The Balaban J connectivity index is 1.32. The Morgan fingerprint density at radius 2 is 1.18 bits per heavy atom. The van der Waals surface area contributed by atoms with Crippen molar-refractivity contribution in [2.24, 2.45) is 0 Å². The number of hydrogen-bond donors (Lipinski definition) is 0. The maximum Gasteiger partial charge on any atom is 0.161 e. The maximum atomic E-state index is 5.18. The fraction of sp³-hybridized carbons (Fsp3) is 0. The highest BCUT2D eigenvalue weighted by atomic mass is 14.9. The van der Waals surface area contributed by atoms with E-state index in [2.05, 4.69) is 114 Å². The van der Waals surface area contributed by atoms with E-state index in [-0.39, 0.29) is 0 Å². The summed E-state index contributed by atoms with van der Waals surface area (Å²) in [5, 5.41) is 5.49. The molecule has 4 heteroatoms. The second kappa shape index (κ2) is 9.07. The van der Waals surface area contributed by atoms with E-state index in [9.17, 15) is 0 Å². The second-order valence-corrected chi connectivity index (χ2v) is 9.93. The van der Waals surface area contributed by atoms with E-state index < -0.39 is 0 Å². The van der Waals surface area contributed by atoms with Gasteiger partial charge in [0.2, 0.25) is 0 Å². The van der Waals surface area contributed by atoms with Gasteiger partial charge in [0.05, 0.1) is 27.9 Å². The van der Waals surface area contributed by atoms with Crippen LogP contribution in [0.15, 0.2) is 134 Å². The van der Waals surface area contributed by atoms with Gasteiger partial charge < -0.3 is 0 Å². The van der Waals surface area contributed by atoms with Crippen LogP contribution in [0.3, 0.4) is 0 Å². The predicted molar refractivity (Wildman–Crippen MR) is 164 cm³/mol. The lowest BCUT2D eigenvalue weighted by Crippen LogP contribution is -1.96. The molecule has 0 saturated heterocycles. The number of pyridine rings is 2. The minimum absolute atomic E-state index is 0.720. The van der Waals surface area contributed by atoms with Crippen molar-refractivity contribution in [1.82, 2.24) is 19.9 Å². The summed E-state index contributed by atoms with van der Waals surface area (Å²) in [5.74, 6) is 0.720. The Hall–Kier alpha value is -5.48. The number of aromatic nitrogens is 4. The van der Waals surface area contributed by atoms with Gasteiger partial charge >= 0.3 is 0 Å². The first kappa shape index (κ1) is 22.5. The number of fused-ring (bicyclic) bond motifs is 5. The summed E-state index contributed by atoms with van der Waals surface area (Å²) in [4.78, 5) is 19.9. The number of hydrogen-bond acceptors (Lipinski definition) is 4. The van der Waals surface area contributed by atoms with Crippen LogP contribution in [0, 0.1) is 0 Å². The molecular weight excluding hydrogens is 488 g/mol. The molecule has 0 aliphatic heterocycles. The largest absolute Gasteiger partial charge is 0.254 e. The van der Waals surface area contributed by atoms with Gasteiger partial charge in [0.1, 0.15) is 0 Å². The summed E-state index contributed by atoms with van der Waals surface area (Å²) in [5.41, 5.74) is 7.63. The third-order valence-electron chi connectivity index (χ3n) is 7.50. The summed E-state index contributed by atoms with van der Waals surface area (Å²) in [6, 6.07) is 43.8. The van der Waals surface area contributed by atoms with Crippen LogP contribution >= 0.6 is 0 Å². The fourth-order valence-corrected chi connectivity index (χ4v) is 5.55. The molecule has 3 heterocycles. The van der Waals surface area contributed by atoms with Crippen LogP contribution in [0.5, 0.6) is 0 Å². The Labute approximate surface area is 230 Å². The molecule has 8 aromatic rings. The first-order chi connectivity index (χ1) is 19.8. The van der Waals surface area contributed by atoms with Gasteiger partial charge in [-0.05, 0) is 35.0 Å². The van der Waals surface area contributed by atoms with E-state index in [1.165, 1.54) is 5.39 Å². The van der Waals surface area contributed by atoms with Gasteiger partial charge in [-0.25, -0.2) is 15.0 Å². The molecule has 0 N–H and O–H groups in total. The van der Waals surface area contributed by atoms with Crippen LogP contribution in [-0.2, 0) is 0 Å². The van der Waals surface area contributed by atoms with E-state index >= 15 is 0 Å². The molecule has 0 aliphatic rings. The molecule has 40 heavy (non-hydrogen) atoms. The van der Waals surface area contributed by atoms with Crippen molar-refractivity contribution in [3.8, 4) is 33.9 Å². The quantitative estimate of drug-likeness (QED) is 0.223. The summed E-state index contributed by atoms with van der Waals surface area (Å²) in [6.07, 6.45) is 1.82. The van der Waals surface area contributed by atoms with E-state index in [1.54, 1.807) is 0 Å². The Morgan fingerprint density at radius 3 is 2.12 bits per heavy atom. The molecule has 0 aliphatic carbocycles. The molecule has 0 unspecified atom stereocenters. The van der Waals surface area contributed by atoms with Crippen molar-refractivity contribution < 1.29 is 0 Å². The average Bonchev–Trinajstić information content (AvgIpc) is 3.03. The van der Waals surface area contributed by atoms with E-state index in [1.807, 2.05) is 24.4 Å². The fourth-order valence-electron chi connectivity index (χ4n) is 5.55. The third-order valence-corrected chi connectivity index (χ3v) is 7.50. The minimum Gasteiger partial charge on any atom is -0.254 e. The third kappa shape index (κ3) is 3.69. The lowest BCUT2D eigenvalue weighted by molar-refractivity contribution is 1.23. The Bertz CT molecular complexity index is 2230. The molecule has 0 spiro atoms. The minimum atomic E-state index is 0.720. The monoisotopic (exact) mass is 510 g/mol. The summed E-state index contributed by atoms with van der Waals surface area (Å²) in [6.45, 7) is 0. The predicted octanol–water partition coefficient (Wildman–Crippen LogP) is 8.88. The number of rotatable bonds is 3. The molecule has 0 amide bonds. The van der Waals surface area contributed by atoms with E-state index in [4.69, 9.17) is 15.0 Å². The van der Waals surface area contributed by atoms with Gasteiger partial charge in [-0.3, -0.25) is 4.98 Å². The van der Waals surface area contributed by atoms with Gasteiger partial charge in [-0.1, -0.05) is 103 Å². The van der Waals surface area contributed by atoms with Crippen molar-refractivity contribution in [3.63, 3.8) is 0 Å². The first-order valence-electron chi connectivity index (χ1n) is 13.3. The zero-order valence-corrected chi connectivity index (χ0v) is 21.5. The van der Waals surface area contributed by atoms with Gasteiger partial charge in [-0.2, -0.15) is 0 Å². The smallest absolute Gasteiger partial charge is 0.161 e. The van der Waals surface area contributed by atoms with Gasteiger partial charge in [0.25, 0.3) is 0 Å². The maximum absolute atomic E-state index is 5.18. The standard InChI is InChI=1S/C36H22N4/c1-2-13-28-23(8-1)9-6-15-29(28)36-39-32-16-4-3-14-30(32)33(40-36)27-11-5-10-26(22-27)31-20-19-25-18-17-24-12-7-21-37-34(24)35(25)38-31/h1-22H. The van der Waals surface area contributed by atoms with Crippen LogP contribution < -0.4 is 0 Å². The molecule has 0 bridgehead atoms. The van der Waals surface area contributed by atoms with Crippen molar-refractivity contribution >= 4 is 43.5 Å². The molecular formula is C36H22N4. The van der Waals surface area contributed by atoms with Gasteiger partial charge in [0.15, 0.2) is 5.82 Å². The number of para-hydroxylation sites is 1. The highest BCUT2D eigenvalue weighted by Crippen LogP contribution is 2.34. The number of benzene rings is 5. The van der Waals surface area contributed by atoms with Crippen molar-refractivity contribution in [2.75, 3.05) is 0 Å². The molecule has 0 atom stereocenters. The molecule has 3 aromatic heterocycles. The molecule has 0 saturated carbocycles.